The minimum absolute atomic E-state index is 0.0323. The van der Waals surface area contributed by atoms with Gasteiger partial charge in [0.15, 0.2) is 0 Å². The van der Waals surface area contributed by atoms with Gasteiger partial charge in [-0.15, -0.1) is 0 Å². The van der Waals surface area contributed by atoms with Gasteiger partial charge in [0.2, 0.25) is 0 Å². The summed E-state index contributed by atoms with van der Waals surface area (Å²) in [4.78, 5) is 12.2. The van der Waals surface area contributed by atoms with Crippen LogP contribution in [0.4, 0.5) is 8.78 Å². The number of nitrogens with one attached hydrogen (secondary N) is 1. The molecule has 3 aromatic carbocycles. The lowest BCUT2D eigenvalue weighted by molar-refractivity contribution is 0.0939. The highest BCUT2D eigenvalue weighted by Crippen LogP contribution is 2.20. The van der Waals surface area contributed by atoms with E-state index in [4.69, 9.17) is 0 Å². The second-order valence-corrected chi connectivity index (χ2v) is 5.46. The molecule has 3 aromatic rings. The number of halogens is 2. The summed E-state index contributed by atoms with van der Waals surface area (Å²) in [5, 5.41) is 4.94. The van der Waals surface area contributed by atoms with Crippen LogP contribution in [-0.4, -0.2) is 5.91 Å². The average Bonchev–Trinajstić information content (AvgIpc) is 2.53. The molecule has 4 heteroatoms. The van der Waals surface area contributed by atoms with Crippen molar-refractivity contribution in [2.75, 3.05) is 0 Å². The quantitative estimate of drug-likeness (QED) is 0.752. The first-order valence-electron chi connectivity index (χ1n) is 7.28. The number of hydrogen-bond acceptors (Lipinski definition) is 1. The molecule has 0 aliphatic carbocycles. The second-order valence-electron chi connectivity index (χ2n) is 5.46. The van der Waals surface area contributed by atoms with E-state index in [0.29, 0.717) is 0 Å². The highest BCUT2D eigenvalue weighted by Gasteiger charge is 2.13. The van der Waals surface area contributed by atoms with E-state index in [1.807, 2.05) is 49.4 Å². The fourth-order valence-electron chi connectivity index (χ4n) is 2.53. The summed E-state index contributed by atoms with van der Waals surface area (Å²) in [5.41, 5.74) is 0.893. The molecule has 0 heterocycles. The molecule has 0 bridgehead atoms. The molecule has 0 aliphatic heterocycles. The number of carbonyl (C=O) groups excluding carboxylic acids is 1. The smallest absolute Gasteiger partial charge is 0.251 e. The molecule has 116 valence electrons. The van der Waals surface area contributed by atoms with Gasteiger partial charge in [0.25, 0.3) is 5.91 Å². The number of rotatable bonds is 3. The monoisotopic (exact) mass is 311 g/mol. The van der Waals surface area contributed by atoms with Crippen LogP contribution in [0.5, 0.6) is 0 Å². The van der Waals surface area contributed by atoms with Crippen molar-refractivity contribution in [2.45, 2.75) is 13.0 Å². The Morgan fingerprint density at radius 1 is 0.913 bits per heavy atom. The Morgan fingerprint density at radius 2 is 1.57 bits per heavy atom. The number of fused-ring (bicyclic) bond motifs is 1. The van der Waals surface area contributed by atoms with Gasteiger partial charge in [0, 0.05) is 11.6 Å². The third-order valence-corrected chi connectivity index (χ3v) is 3.75. The normalized spacial score (nSPS) is 12.1. The first-order valence-corrected chi connectivity index (χ1v) is 7.28. The topological polar surface area (TPSA) is 29.1 Å². The molecule has 0 saturated carbocycles. The van der Waals surface area contributed by atoms with Gasteiger partial charge in [0.05, 0.1) is 6.04 Å². The van der Waals surface area contributed by atoms with Crippen LogP contribution in [-0.2, 0) is 0 Å². The van der Waals surface area contributed by atoms with Crippen molar-refractivity contribution >= 4 is 16.7 Å². The van der Waals surface area contributed by atoms with E-state index in [9.17, 15) is 13.6 Å². The highest BCUT2D eigenvalue weighted by molar-refractivity contribution is 5.94. The van der Waals surface area contributed by atoms with Crippen molar-refractivity contribution < 1.29 is 13.6 Å². The molecule has 1 amide bonds. The highest BCUT2D eigenvalue weighted by atomic mass is 19.1. The van der Waals surface area contributed by atoms with Gasteiger partial charge in [-0.2, -0.15) is 0 Å². The molecule has 0 fully saturated rings. The number of hydrogen-bond donors (Lipinski definition) is 1. The van der Waals surface area contributed by atoms with Gasteiger partial charge in [-0.1, -0.05) is 36.4 Å². The average molecular weight is 311 g/mol. The lowest BCUT2D eigenvalue weighted by Crippen LogP contribution is -2.26. The molecule has 3 rings (SSSR count). The summed E-state index contributed by atoms with van der Waals surface area (Å²) in [6.45, 7) is 1.83. The Balaban J connectivity index is 1.81. The zero-order valence-electron chi connectivity index (χ0n) is 12.5. The predicted octanol–water partition coefficient (Wildman–Crippen LogP) is 4.61. The SMILES string of the molecule is CC(NC(=O)c1cc(F)cc(F)c1)c1ccc2ccccc2c1. The maximum atomic E-state index is 13.2. The van der Waals surface area contributed by atoms with E-state index < -0.39 is 17.5 Å². The minimum Gasteiger partial charge on any atom is -0.346 e. The van der Waals surface area contributed by atoms with Crippen LogP contribution in [0, 0.1) is 11.6 Å². The summed E-state index contributed by atoms with van der Waals surface area (Å²) in [6.07, 6.45) is 0. The zero-order valence-corrected chi connectivity index (χ0v) is 12.5. The standard InChI is InChI=1S/C19H15F2NO/c1-12(14-7-6-13-4-2-3-5-15(13)8-14)22-19(23)16-9-17(20)11-18(21)10-16/h2-12H,1H3,(H,22,23). The van der Waals surface area contributed by atoms with E-state index in [1.165, 1.54) is 0 Å². The summed E-state index contributed by atoms with van der Waals surface area (Å²) < 4.78 is 26.4. The summed E-state index contributed by atoms with van der Waals surface area (Å²) in [5.74, 6) is -2.05. The van der Waals surface area contributed by atoms with Crippen LogP contribution in [0.2, 0.25) is 0 Å². The van der Waals surface area contributed by atoms with Crippen molar-refractivity contribution in [1.29, 1.82) is 0 Å². The van der Waals surface area contributed by atoms with Gasteiger partial charge < -0.3 is 5.32 Å². The molecule has 23 heavy (non-hydrogen) atoms. The van der Waals surface area contributed by atoms with Crippen molar-refractivity contribution in [3.05, 3.63) is 83.4 Å². The fourth-order valence-corrected chi connectivity index (χ4v) is 2.53. The molecule has 0 spiro atoms. The molecule has 0 aromatic heterocycles. The minimum atomic E-state index is -0.770. The summed E-state index contributed by atoms with van der Waals surface area (Å²) >= 11 is 0. The van der Waals surface area contributed by atoms with E-state index in [1.54, 1.807) is 0 Å². The van der Waals surface area contributed by atoms with Gasteiger partial charge in [0.1, 0.15) is 11.6 Å². The zero-order chi connectivity index (χ0) is 16.4. The first kappa shape index (κ1) is 15.2. The molecule has 2 nitrogen and oxygen atoms in total. The lowest BCUT2D eigenvalue weighted by Gasteiger charge is -2.15. The summed E-state index contributed by atoms with van der Waals surface area (Å²) in [7, 11) is 0. The maximum absolute atomic E-state index is 13.2. The Morgan fingerprint density at radius 3 is 2.26 bits per heavy atom. The number of benzene rings is 3. The number of amides is 1. The van der Waals surface area contributed by atoms with Crippen LogP contribution in [0.3, 0.4) is 0 Å². The van der Waals surface area contributed by atoms with E-state index in [-0.39, 0.29) is 11.6 Å². The predicted molar refractivity (Wildman–Crippen MR) is 86.2 cm³/mol. The molecular weight excluding hydrogens is 296 g/mol. The van der Waals surface area contributed by atoms with Gasteiger partial charge in [-0.3, -0.25) is 4.79 Å². The van der Waals surface area contributed by atoms with Crippen LogP contribution >= 0.6 is 0 Å². The first-order chi connectivity index (χ1) is 11.0. The molecule has 0 radical (unpaired) electrons. The third-order valence-electron chi connectivity index (χ3n) is 3.75. The Kier molecular flexibility index (Phi) is 4.06. The third kappa shape index (κ3) is 3.37. The van der Waals surface area contributed by atoms with Crippen LogP contribution in [0.15, 0.2) is 60.7 Å². The maximum Gasteiger partial charge on any atom is 0.251 e. The Hall–Kier alpha value is -2.75. The second kappa shape index (κ2) is 6.16. The Labute approximate surface area is 132 Å². The Bertz CT molecular complexity index is 856. The molecule has 1 N–H and O–H groups in total. The number of carbonyl (C=O) groups is 1. The van der Waals surface area contributed by atoms with Crippen LogP contribution < -0.4 is 5.32 Å². The van der Waals surface area contributed by atoms with E-state index >= 15 is 0 Å². The molecule has 1 atom stereocenters. The molecule has 0 aliphatic rings. The van der Waals surface area contributed by atoms with Gasteiger partial charge in [-0.05, 0) is 41.5 Å². The van der Waals surface area contributed by atoms with Gasteiger partial charge in [-0.25, -0.2) is 8.78 Å². The van der Waals surface area contributed by atoms with Crippen molar-refractivity contribution in [2.24, 2.45) is 0 Å². The van der Waals surface area contributed by atoms with Crippen LogP contribution in [0.1, 0.15) is 28.9 Å². The van der Waals surface area contributed by atoms with Crippen molar-refractivity contribution in [3.63, 3.8) is 0 Å². The van der Waals surface area contributed by atoms with E-state index in [2.05, 4.69) is 5.32 Å². The lowest BCUT2D eigenvalue weighted by atomic mass is 10.0. The van der Waals surface area contributed by atoms with Crippen LogP contribution in [0.25, 0.3) is 10.8 Å². The van der Waals surface area contributed by atoms with E-state index in [0.717, 1.165) is 34.5 Å². The molecular formula is C19H15F2NO. The van der Waals surface area contributed by atoms with Gasteiger partial charge >= 0.3 is 0 Å². The largest absolute Gasteiger partial charge is 0.346 e. The molecule has 1 unspecified atom stereocenters. The summed E-state index contributed by atoms with van der Waals surface area (Å²) in [6, 6.07) is 16.3. The molecule has 0 saturated heterocycles. The van der Waals surface area contributed by atoms with Crippen molar-refractivity contribution in [3.8, 4) is 0 Å². The van der Waals surface area contributed by atoms with Crippen molar-refractivity contribution in [1.82, 2.24) is 5.32 Å². The fraction of sp³-hybridized carbons (Fsp3) is 0.105.